The van der Waals surface area contributed by atoms with Gasteiger partial charge >= 0.3 is 0 Å². The Kier molecular flexibility index (Phi) is 4.74. The summed E-state index contributed by atoms with van der Waals surface area (Å²) in [6.07, 6.45) is 1.16. The van der Waals surface area contributed by atoms with E-state index >= 15 is 0 Å². The van der Waals surface area contributed by atoms with E-state index in [2.05, 4.69) is 69.7 Å². The molecule has 0 amide bonds. The second kappa shape index (κ2) is 7.53. The summed E-state index contributed by atoms with van der Waals surface area (Å²) >= 11 is 3.40. The third-order valence-electron chi connectivity index (χ3n) is 5.14. The van der Waals surface area contributed by atoms with E-state index in [1.54, 1.807) is 23.1 Å². The van der Waals surface area contributed by atoms with Gasteiger partial charge in [0, 0.05) is 29.7 Å². The van der Waals surface area contributed by atoms with Crippen molar-refractivity contribution in [2.45, 2.75) is 29.2 Å². The van der Waals surface area contributed by atoms with Crippen molar-refractivity contribution in [1.82, 2.24) is 19.7 Å². The first-order valence-corrected chi connectivity index (χ1v) is 11.2. The topological polar surface area (TPSA) is 43.6 Å². The van der Waals surface area contributed by atoms with Crippen LogP contribution in [0.25, 0.3) is 10.6 Å². The third kappa shape index (κ3) is 3.50. The van der Waals surface area contributed by atoms with Crippen molar-refractivity contribution in [1.29, 1.82) is 0 Å². The molecule has 0 saturated heterocycles. The van der Waals surface area contributed by atoms with Crippen LogP contribution in [0.3, 0.4) is 0 Å². The van der Waals surface area contributed by atoms with Gasteiger partial charge in [0.2, 0.25) is 0 Å². The number of nitrogens with zero attached hydrogens (tertiary/aromatic N) is 4. The molecule has 2 heterocycles. The monoisotopic (exact) mass is 404 g/mol. The minimum Gasteiger partial charge on any atom is -0.309 e. The Morgan fingerprint density at radius 1 is 1.00 bits per heavy atom. The van der Waals surface area contributed by atoms with Gasteiger partial charge in [-0.2, -0.15) is 0 Å². The fourth-order valence-electron chi connectivity index (χ4n) is 3.55. The van der Waals surface area contributed by atoms with Gasteiger partial charge in [0.05, 0.1) is 5.69 Å². The zero-order chi connectivity index (χ0) is 18.9. The van der Waals surface area contributed by atoms with Crippen molar-refractivity contribution in [2.24, 2.45) is 7.05 Å². The number of thiazole rings is 1. The summed E-state index contributed by atoms with van der Waals surface area (Å²) in [6, 6.07) is 21.0. The van der Waals surface area contributed by atoms with Crippen LogP contribution in [-0.2, 0) is 12.8 Å². The Bertz CT molecular complexity index is 1070. The Labute approximate surface area is 172 Å². The van der Waals surface area contributed by atoms with Crippen LogP contribution in [0.15, 0.2) is 71.2 Å². The highest BCUT2D eigenvalue weighted by Crippen LogP contribution is 2.54. The fourth-order valence-corrected chi connectivity index (χ4v) is 5.29. The number of thioether (sulfide) groups is 1. The summed E-state index contributed by atoms with van der Waals surface area (Å²) < 4.78 is 2.16. The molecule has 6 heteroatoms. The number of rotatable bonds is 6. The molecule has 2 aromatic heterocycles. The molecular weight excluding hydrogens is 384 g/mol. The van der Waals surface area contributed by atoms with Gasteiger partial charge in [0.15, 0.2) is 5.16 Å². The molecule has 1 saturated carbocycles. The van der Waals surface area contributed by atoms with Gasteiger partial charge in [-0.15, -0.1) is 21.5 Å². The fraction of sp³-hybridized carbons (Fsp3) is 0.227. The van der Waals surface area contributed by atoms with Crippen LogP contribution in [0.5, 0.6) is 0 Å². The van der Waals surface area contributed by atoms with E-state index in [0.29, 0.717) is 11.8 Å². The first-order valence-electron chi connectivity index (χ1n) is 9.36. The SMILES string of the molecule is Cn1c(SCc2csc(-c3ccccc3)n2)nnc1C1CC1c1ccccc1. The molecule has 2 atom stereocenters. The predicted octanol–water partition coefficient (Wildman–Crippen LogP) is 5.50. The lowest BCUT2D eigenvalue weighted by Crippen LogP contribution is -1.98. The van der Waals surface area contributed by atoms with E-state index in [4.69, 9.17) is 4.98 Å². The van der Waals surface area contributed by atoms with Gasteiger partial charge in [0.1, 0.15) is 10.8 Å². The van der Waals surface area contributed by atoms with Gasteiger partial charge in [-0.1, -0.05) is 72.4 Å². The summed E-state index contributed by atoms with van der Waals surface area (Å²) in [4.78, 5) is 4.77. The summed E-state index contributed by atoms with van der Waals surface area (Å²) in [5.74, 6) is 2.97. The van der Waals surface area contributed by atoms with Crippen LogP contribution in [0, 0.1) is 0 Å². The van der Waals surface area contributed by atoms with E-state index in [9.17, 15) is 0 Å². The number of aromatic nitrogens is 4. The lowest BCUT2D eigenvalue weighted by molar-refractivity contribution is 0.730. The molecule has 0 spiro atoms. The zero-order valence-corrected chi connectivity index (χ0v) is 17.2. The minimum atomic E-state index is 0.484. The smallest absolute Gasteiger partial charge is 0.191 e. The number of benzene rings is 2. The van der Waals surface area contributed by atoms with Crippen molar-refractivity contribution in [3.8, 4) is 10.6 Å². The maximum atomic E-state index is 4.77. The average molecular weight is 405 g/mol. The Hall–Kier alpha value is -2.44. The van der Waals surface area contributed by atoms with Crippen molar-refractivity contribution in [3.05, 3.63) is 83.1 Å². The van der Waals surface area contributed by atoms with Gasteiger partial charge in [-0.3, -0.25) is 0 Å². The van der Waals surface area contributed by atoms with Gasteiger partial charge in [-0.25, -0.2) is 4.98 Å². The standard InChI is InChI=1S/C22H20N4S2/c1-26-20(19-12-18(19)15-8-4-2-5-9-15)24-25-22(26)28-14-17-13-27-21(23-17)16-10-6-3-7-11-16/h2-11,13,18-19H,12,14H2,1H3. The van der Waals surface area contributed by atoms with Crippen molar-refractivity contribution < 1.29 is 0 Å². The lowest BCUT2D eigenvalue weighted by atomic mass is 10.1. The highest BCUT2D eigenvalue weighted by molar-refractivity contribution is 7.98. The molecule has 5 rings (SSSR count). The van der Waals surface area contributed by atoms with E-state index in [0.717, 1.165) is 33.9 Å². The molecule has 1 aliphatic rings. The maximum absolute atomic E-state index is 4.77. The first kappa shape index (κ1) is 17.6. The molecule has 0 radical (unpaired) electrons. The Morgan fingerprint density at radius 3 is 2.54 bits per heavy atom. The quantitative estimate of drug-likeness (QED) is 0.398. The largest absolute Gasteiger partial charge is 0.309 e. The highest BCUT2D eigenvalue weighted by atomic mass is 32.2. The second-order valence-corrected chi connectivity index (χ2v) is 8.86. The third-order valence-corrected chi connectivity index (χ3v) is 7.13. The normalized spacial score (nSPS) is 18.3. The molecule has 2 unspecified atom stereocenters. The molecule has 0 bridgehead atoms. The zero-order valence-electron chi connectivity index (χ0n) is 15.5. The summed E-state index contributed by atoms with van der Waals surface area (Å²) in [7, 11) is 2.08. The number of hydrogen-bond acceptors (Lipinski definition) is 5. The molecule has 4 nitrogen and oxygen atoms in total. The first-order chi connectivity index (χ1) is 13.8. The molecule has 2 aromatic carbocycles. The van der Waals surface area contributed by atoms with E-state index in [1.165, 1.54) is 11.1 Å². The number of hydrogen-bond donors (Lipinski definition) is 0. The van der Waals surface area contributed by atoms with Crippen molar-refractivity contribution >= 4 is 23.1 Å². The molecule has 0 N–H and O–H groups in total. The summed E-state index contributed by atoms with van der Waals surface area (Å²) in [6.45, 7) is 0. The maximum Gasteiger partial charge on any atom is 0.191 e. The van der Waals surface area contributed by atoms with Gasteiger partial charge in [0.25, 0.3) is 0 Å². The van der Waals surface area contributed by atoms with Gasteiger partial charge in [-0.05, 0) is 17.9 Å². The molecule has 4 aromatic rings. The van der Waals surface area contributed by atoms with Crippen LogP contribution < -0.4 is 0 Å². The van der Waals surface area contributed by atoms with Crippen LogP contribution in [0.4, 0.5) is 0 Å². The second-order valence-electron chi connectivity index (χ2n) is 7.06. The minimum absolute atomic E-state index is 0.484. The van der Waals surface area contributed by atoms with E-state index in [-0.39, 0.29) is 0 Å². The van der Waals surface area contributed by atoms with Crippen molar-refractivity contribution in [2.75, 3.05) is 0 Å². The molecule has 1 aliphatic carbocycles. The molecule has 1 fully saturated rings. The van der Waals surface area contributed by atoms with Crippen LogP contribution in [0.1, 0.15) is 35.3 Å². The van der Waals surface area contributed by atoms with Crippen LogP contribution in [-0.4, -0.2) is 19.7 Å². The molecule has 0 aliphatic heterocycles. The summed E-state index contributed by atoms with van der Waals surface area (Å²) in [5.41, 5.74) is 3.66. The van der Waals surface area contributed by atoms with Crippen LogP contribution in [0.2, 0.25) is 0 Å². The molecule has 140 valence electrons. The van der Waals surface area contributed by atoms with Crippen LogP contribution >= 0.6 is 23.1 Å². The lowest BCUT2D eigenvalue weighted by Gasteiger charge is -2.03. The highest BCUT2D eigenvalue weighted by Gasteiger charge is 2.42. The summed E-state index contributed by atoms with van der Waals surface area (Å²) in [5, 5.41) is 13.1. The van der Waals surface area contributed by atoms with E-state index in [1.807, 2.05) is 18.2 Å². The molecular formula is C22H20N4S2. The Morgan fingerprint density at radius 2 is 1.75 bits per heavy atom. The molecule has 28 heavy (non-hydrogen) atoms. The van der Waals surface area contributed by atoms with E-state index < -0.39 is 0 Å². The van der Waals surface area contributed by atoms with Crippen molar-refractivity contribution in [3.63, 3.8) is 0 Å². The Balaban J connectivity index is 1.25. The predicted molar refractivity (Wildman–Crippen MR) is 115 cm³/mol. The van der Waals surface area contributed by atoms with Gasteiger partial charge < -0.3 is 4.57 Å². The average Bonchev–Trinajstić information content (AvgIpc) is 3.24.